The molecule has 1 heterocycles. The molecule has 0 spiro atoms. The Hall–Kier alpha value is -2.52. The van der Waals surface area contributed by atoms with Gasteiger partial charge in [0.15, 0.2) is 0 Å². The molecule has 0 unspecified atom stereocenters. The number of carbonyl (C=O) groups is 1. The number of carbonyl (C=O) groups excluding carboxylic acids is 1. The van der Waals surface area contributed by atoms with E-state index in [0.717, 1.165) is 22.9 Å². The van der Waals surface area contributed by atoms with Crippen molar-refractivity contribution in [2.45, 2.75) is 25.2 Å². The highest BCUT2D eigenvalue weighted by atomic mass is 32.2. The Morgan fingerprint density at radius 2 is 1.68 bits per heavy atom. The fraction of sp³-hybridized carbons (Fsp3) is 0.409. The molecule has 0 saturated carbocycles. The molecule has 31 heavy (non-hydrogen) atoms. The third-order valence-electron chi connectivity index (χ3n) is 5.10. The van der Waals surface area contributed by atoms with E-state index < -0.39 is 26.6 Å². The number of hydrogen-bond donors (Lipinski definition) is 0. The van der Waals surface area contributed by atoms with Gasteiger partial charge in [-0.3, -0.25) is 4.79 Å². The quantitative estimate of drug-likeness (QED) is 0.645. The van der Waals surface area contributed by atoms with E-state index in [1.54, 1.807) is 29.2 Å². The van der Waals surface area contributed by atoms with Crippen LogP contribution in [-0.2, 0) is 10.0 Å². The predicted molar refractivity (Wildman–Crippen MR) is 112 cm³/mol. The number of nitrogens with zero attached hydrogens (tertiary/aromatic N) is 2. The van der Waals surface area contributed by atoms with E-state index in [1.807, 2.05) is 0 Å². The SMILES string of the molecule is CC(C)CCOc1ccc(C(=O)N2CCN(S(=O)(=O)c3ccc(F)cc3F)CC2)cc1. The zero-order valence-electron chi connectivity index (χ0n) is 17.6. The molecule has 0 radical (unpaired) electrons. The van der Waals surface area contributed by atoms with E-state index in [2.05, 4.69) is 13.8 Å². The Morgan fingerprint density at radius 1 is 1.03 bits per heavy atom. The summed E-state index contributed by atoms with van der Waals surface area (Å²) in [7, 11) is -4.11. The molecule has 1 aliphatic heterocycles. The number of hydrogen-bond acceptors (Lipinski definition) is 4. The van der Waals surface area contributed by atoms with Gasteiger partial charge in [0.2, 0.25) is 10.0 Å². The van der Waals surface area contributed by atoms with E-state index in [9.17, 15) is 22.0 Å². The number of amides is 1. The topological polar surface area (TPSA) is 66.9 Å². The average Bonchev–Trinajstić information content (AvgIpc) is 2.73. The number of sulfonamides is 1. The molecular weight excluding hydrogens is 426 g/mol. The summed E-state index contributed by atoms with van der Waals surface area (Å²) in [6, 6.07) is 9.22. The molecule has 1 saturated heterocycles. The molecule has 0 aromatic heterocycles. The van der Waals surface area contributed by atoms with E-state index in [1.165, 1.54) is 0 Å². The molecular formula is C22H26F2N2O4S. The maximum atomic E-state index is 14.0. The minimum absolute atomic E-state index is 0.0291. The first-order chi connectivity index (χ1) is 14.7. The largest absolute Gasteiger partial charge is 0.494 e. The van der Waals surface area contributed by atoms with E-state index in [0.29, 0.717) is 29.9 Å². The highest BCUT2D eigenvalue weighted by Crippen LogP contribution is 2.22. The Bertz CT molecular complexity index is 1020. The van der Waals surface area contributed by atoms with Crippen LogP contribution in [0.5, 0.6) is 5.75 Å². The van der Waals surface area contributed by atoms with Gasteiger partial charge in [-0.2, -0.15) is 4.31 Å². The molecule has 2 aromatic rings. The van der Waals surface area contributed by atoms with Crippen molar-refractivity contribution in [3.63, 3.8) is 0 Å². The van der Waals surface area contributed by atoms with Gasteiger partial charge >= 0.3 is 0 Å². The van der Waals surface area contributed by atoms with Crippen molar-refractivity contribution in [2.75, 3.05) is 32.8 Å². The normalized spacial score (nSPS) is 15.3. The van der Waals surface area contributed by atoms with Gasteiger partial charge in [0.1, 0.15) is 22.3 Å². The van der Waals surface area contributed by atoms with Gasteiger partial charge in [-0.1, -0.05) is 13.8 Å². The summed E-state index contributed by atoms with van der Waals surface area (Å²) in [6.45, 7) is 5.25. The lowest BCUT2D eigenvalue weighted by Crippen LogP contribution is -2.50. The first-order valence-corrected chi connectivity index (χ1v) is 11.6. The number of rotatable bonds is 7. The molecule has 9 heteroatoms. The van der Waals surface area contributed by atoms with Gasteiger partial charge in [-0.05, 0) is 48.7 Å². The molecule has 1 aliphatic rings. The molecule has 6 nitrogen and oxygen atoms in total. The maximum absolute atomic E-state index is 14.0. The minimum Gasteiger partial charge on any atom is -0.494 e. The van der Waals surface area contributed by atoms with Crippen molar-refractivity contribution >= 4 is 15.9 Å². The van der Waals surface area contributed by atoms with E-state index in [-0.39, 0.29) is 32.1 Å². The fourth-order valence-electron chi connectivity index (χ4n) is 3.24. The highest BCUT2D eigenvalue weighted by Gasteiger charge is 2.32. The van der Waals surface area contributed by atoms with Crippen LogP contribution in [0.25, 0.3) is 0 Å². The molecule has 0 bridgehead atoms. The van der Waals surface area contributed by atoms with Crippen LogP contribution in [-0.4, -0.2) is 56.3 Å². The zero-order valence-corrected chi connectivity index (χ0v) is 18.4. The summed E-state index contributed by atoms with van der Waals surface area (Å²) in [5, 5.41) is 0. The predicted octanol–water partition coefficient (Wildman–Crippen LogP) is 3.54. The Balaban J connectivity index is 1.59. The van der Waals surface area contributed by atoms with Crippen molar-refractivity contribution in [1.82, 2.24) is 9.21 Å². The van der Waals surface area contributed by atoms with Crippen molar-refractivity contribution in [2.24, 2.45) is 5.92 Å². The van der Waals surface area contributed by atoms with Crippen molar-refractivity contribution in [1.29, 1.82) is 0 Å². The third-order valence-corrected chi connectivity index (χ3v) is 7.03. The van der Waals surface area contributed by atoms with Gasteiger partial charge in [0.05, 0.1) is 6.61 Å². The number of halogens is 2. The molecule has 2 aromatic carbocycles. The second-order valence-corrected chi connectivity index (χ2v) is 9.73. The summed E-state index contributed by atoms with van der Waals surface area (Å²) < 4.78 is 59.2. The molecule has 1 amide bonds. The van der Waals surface area contributed by atoms with Crippen LogP contribution in [0.3, 0.4) is 0 Å². The number of piperazine rings is 1. The first-order valence-electron chi connectivity index (χ1n) is 10.2. The van der Waals surface area contributed by atoms with Gasteiger partial charge in [0.25, 0.3) is 5.91 Å². The van der Waals surface area contributed by atoms with E-state index >= 15 is 0 Å². The van der Waals surface area contributed by atoms with Gasteiger partial charge in [-0.15, -0.1) is 0 Å². The third kappa shape index (κ3) is 5.59. The zero-order chi connectivity index (χ0) is 22.6. The lowest BCUT2D eigenvalue weighted by molar-refractivity contribution is 0.0697. The summed E-state index contributed by atoms with van der Waals surface area (Å²) in [5.74, 6) is -0.950. The summed E-state index contributed by atoms with van der Waals surface area (Å²) >= 11 is 0. The van der Waals surface area contributed by atoms with Crippen LogP contribution in [0.1, 0.15) is 30.6 Å². The molecule has 168 valence electrons. The number of ether oxygens (including phenoxy) is 1. The van der Waals surface area contributed by atoms with Crippen molar-refractivity contribution in [3.05, 3.63) is 59.7 Å². The second-order valence-electron chi connectivity index (χ2n) is 7.83. The average molecular weight is 453 g/mol. The lowest BCUT2D eigenvalue weighted by Gasteiger charge is -2.34. The molecule has 3 rings (SSSR count). The maximum Gasteiger partial charge on any atom is 0.253 e. The fourth-order valence-corrected chi connectivity index (χ4v) is 4.71. The van der Waals surface area contributed by atoms with E-state index in [4.69, 9.17) is 4.74 Å². The second kappa shape index (κ2) is 9.74. The van der Waals surface area contributed by atoms with Gasteiger partial charge in [-0.25, -0.2) is 17.2 Å². The smallest absolute Gasteiger partial charge is 0.253 e. The molecule has 0 N–H and O–H groups in total. The van der Waals surface area contributed by atoms with Crippen LogP contribution in [0.15, 0.2) is 47.4 Å². The first kappa shape index (κ1) is 23.1. The Morgan fingerprint density at radius 3 is 2.26 bits per heavy atom. The number of benzene rings is 2. The van der Waals surface area contributed by atoms with Crippen LogP contribution < -0.4 is 4.74 Å². The van der Waals surface area contributed by atoms with Gasteiger partial charge in [0, 0.05) is 37.8 Å². The van der Waals surface area contributed by atoms with Crippen molar-refractivity contribution < 1.29 is 26.7 Å². The highest BCUT2D eigenvalue weighted by molar-refractivity contribution is 7.89. The van der Waals surface area contributed by atoms with Gasteiger partial charge < -0.3 is 9.64 Å². The van der Waals surface area contributed by atoms with Crippen molar-refractivity contribution in [3.8, 4) is 5.75 Å². The Kier molecular flexibility index (Phi) is 7.27. The summed E-state index contributed by atoms with van der Waals surface area (Å²) in [5.41, 5.74) is 0.483. The molecule has 1 fully saturated rings. The standard InChI is InChI=1S/C22H26F2N2O4S/c1-16(2)9-14-30-19-6-3-17(4-7-19)22(27)25-10-12-26(13-11-25)31(28,29)21-8-5-18(23)15-20(21)24/h3-8,15-16H,9-14H2,1-2H3. The van der Waals surface area contributed by atoms with Crippen LogP contribution >= 0.6 is 0 Å². The monoisotopic (exact) mass is 452 g/mol. The van der Waals surface area contributed by atoms with Crippen LogP contribution in [0.2, 0.25) is 0 Å². The minimum atomic E-state index is -4.11. The lowest BCUT2D eigenvalue weighted by atomic mass is 10.1. The molecule has 0 aliphatic carbocycles. The van der Waals surface area contributed by atoms with Crippen LogP contribution in [0.4, 0.5) is 8.78 Å². The summed E-state index contributed by atoms with van der Waals surface area (Å²) in [4.78, 5) is 13.7. The summed E-state index contributed by atoms with van der Waals surface area (Å²) in [6.07, 6.45) is 0.940. The van der Waals surface area contributed by atoms with Crippen LogP contribution in [0, 0.1) is 17.6 Å². The Labute approximate surface area is 181 Å². The molecule has 0 atom stereocenters.